The molecular weight excluding hydrogens is 342 g/mol. The highest BCUT2D eigenvalue weighted by Crippen LogP contribution is 2.20. The number of hydrogen-bond acceptors (Lipinski definition) is 4. The van der Waals surface area contributed by atoms with Gasteiger partial charge >= 0.3 is 6.09 Å². The molecule has 5 nitrogen and oxygen atoms in total. The van der Waals surface area contributed by atoms with Crippen molar-refractivity contribution < 1.29 is 23.4 Å². The maximum atomic E-state index is 13.5. The first-order valence-corrected chi connectivity index (χ1v) is 8.17. The van der Waals surface area contributed by atoms with Crippen LogP contribution in [0.1, 0.15) is 38.1 Å². The summed E-state index contributed by atoms with van der Waals surface area (Å²) in [6, 6.07) is 7.15. The van der Waals surface area contributed by atoms with Crippen LogP contribution in [0.15, 0.2) is 42.6 Å². The van der Waals surface area contributed by atoms with Gasteiger partial charge in [-0.1, -0.05) is 6.07 Å². The molecular formula is C19H22F2N2O3. The maximum absolute atomic E-state index is 13.5. The molecule has 0 spiro atoms. The van der Waals surface area contributed by atoms with E-state index in [-0.39, 0.29) is 6.42 Å². The first kappa shape index (κ1) is 19.8. The molecule has 2 unspecified atom stereocenters. The summed E-state index contributed by atoms with van der Waals surface area (Å²) in [5.74, 6) is -1.47. The van der Waals surface area contributed by atoms with Gasteiger partial charge < -0.3 is 15.2 Å². The van der Waals surface area contributed by atoms with Crippen LogP contribution in [0.5, 0.6) is 0 Å². The summed E-state index contributed by atoms with van der Waals surface area (Å²) in [5, 5.41) is 13.2. The predicted molar refractivity (Wildman–Crippen MR) is 92.4 cm³/mol. The number of amides is 1. The van der Waals surface area contributed by atoms with Crippen molar-refractivity contribution in [1.82, 2.24) is 10.3 Å². The molecule has 1 aromatic carbocycles. The van der Waals surface area contributed by atoms with Crippen molar-refractivity contribution in [1.29, 1.82) is 0 Å². The minimum Gasteiger partial charge on any atom is -0.444 e. The van der Waals surface area contributed by atoms with Gasteiger partial charge in [0, 0.05) is 12.3 Å². The first-order chi connectivity index (χ1) is 12.1. The fourth-order valence-electron chi connectivity index (χ4n) is 2.44. The predicted octanol–water partition coefficient (Wildman–Crippen LogP) is 3.53. The van der Waals surface area contributed by atoms with Crippen LogP contribution >= 0.6 is 0 Å². The number of pyridine rings is 1. The average Bonchev–Trinajstić information content (AvgIpc) is 2.51. The zero-order chi connectivity index (χ0) is 19.3. The van der Waals surface area contributed by atoms with Crippen LogP contribution in [0.3, 0.4) is 0 Å². The highest BCUT2D eigenvalue weighted by molar-refractivity contribution is 5.68. The number of nitrogens with zero attached hydrogens (tertiary/aromatic N) is 1. The lowest BCUT2D eigenvalue weighted by Crippen LogP contribution is -2.43. The van der Waals surface area contributed by atoms with Crippen LogP contribution < -0.4 is 5.32 Å². The highest BCUT2D eigenvalue weighted by Gasteiger charge is 2.27. The van der Waals surface area contributed by atoms with Crippen LogP contribution in [0.25, 0.3) is 0 Å². The largest absolute Gasteiger partial charge is 0.444 e. The highest BCUT2D eigenvalue weighted by atomic mass is 19.1. The molecule has 0 aliphatic rings. The van der Waals surface area contributed by atoms with Crippen LogP contribution in [-0.4, -0.2) is 27.8 Å². The molecule has 0 radical (unpaired) electrons. The molecule has 1 heterocycles. The number of ether oxygens (including phenoxy) is 1. The minimum atomic E-state index is -1.19. The topological polar surface area (TPSA) is 71.5 Å². The van der Waals surface area contributed by atoms with E-state index in [1.54, 1.807) is 39.0 Å². The Labute approximate surface area is 151 Å². The number of carbonyl (C=O) groups is 1. The van der Waals surface area contributed by atoms with Gasteiger partial charge in [0.15, 0.2) is 0 Å². The van der Waals surface area contributed by atoms with Gasteiger partial charge in [0.05, 0.1) is 11.7 Å². The average molecular weight is 364 g/mol. The lowest BCUT2D eigenvalue weighted by atomic mass is 9.98. The van der Waals surface area contributed by atoms with Gasteiger partial charge in [0.1, 0.15) is 23.3 Å². The molecule has 1 amide bonds. The molecule has 26 heavy (non-hydrogen) atoms. The summed E-state index contributed by atoms with van der Waals surface area (Å²) in [5.41, 5.74) is -0.112. The van der Waals surface area contributed by atoms with E-state index in [0.29, 0.717) is 11.3 Å². The Bertz CT molecular complexity index is 728. The molecule has 0 bridgehead atoms. The Balaban J connectivity index is 2.24. The smallest absolute Gasteiger partial charge is 0.407 e. The van der Waals surface area contributed by atoms with Crippen LogP contribution in [-0.2, 0) is 11.2 Å². The molecule has 0 aliphatic heterocycles. The van der Waals surface area contributed by atoms with Crippen molar-refractivity contribution in [3.8, 4) is 0 Å². The molecule has 140 valence electrons. The second-order valence-electron chi connectivity index (χ2n) is 6.93. The van der Waals surface area contributed by atoms with Crippen molar-refractivity contribution in [2.45, 2.75) is 44.9 Å². The Kier molecular flexibility index (Phi) is 6.26. The van der Waals surface area contributed by atoms with E-state index in [4.69, 9.17) is 4.74 Å². The van der Waals surface area contributed by atoms with Gasteiger partial charge in [-0.25, -0.2) is 13.6 Å². The standard InChI is InChI=1S/C19H22F2N2O3/c1-19(2,3)26-18(25)23-16(17(24)15-6-4-5-7-22-15)10-12-8-13(20)11-14(21)9-12/h4-9,11,16-17,24H,10H2,1-3H3,(H,23,25). The second-order valence-corrected chi connectivity index (χ2v) is 6.93. The van der Waals surface area contributed by atoms with E-state index in [1.807, 2.05) is 0 Å². The van der Waals surface area contributed by atoms with Crippen molar-refractivity contribution >= 4 is 6.09 Å². The Hall–Kier alpha value is -2.54. The molecule has 0 fully saturated rings. The van der Waals surface area contributed by atoms with Crippen LogP contribution in [0.2, 0.25) is 0 Å². The van der Waals surface area contributed by atoms with Crippen molar-refractivity contribution in [2.24, 2.45) is 0 Å². The quantitative estimate of drug-likeness (QED) is 0.851. The number of halogens is 2. The van der Waals surface area contributed by atoms with Gasteiger partial charge in [0.25, 0.3) is 0 Å². The first-order valence-electron chi connectivity index (χ1n) is 8.17. The third kappa shape index (κ3) is 6.07. The molecule has 7 heteroatoms. The van der Waals surface area contributed by atoms with Crippen molar-refractivity contribution in [3.05, 3.63) is 65.5 Å². The zero-order valence-electron chi connectivity index (χ0n) is 14.9. The summed E-state index contributed by atoms with van der Waals surface area (Å²) < 4.78 is 32.1. The van der Waals surface area contributed by atoms with Crippen molar-refractivity contribution in [3.63, 3.8) is 0 Å². The lowest BCUT2D eigenvalue weighted by Gasteiger charge is -2.26. The van der Waals surface area contributed by atoms with Gasteiger partial charge in [-0.2, -0.15) is 0 Å². The number of nitrogens with one attached hydrogen (secondary N) is 1. The SMILES string of the molecule is CC(C)(C)OC(=O)NC(Cc1cc(F)cc(F)c1)C(O)c1ccccn1. The zero-order valence-corrected chi connectivity index (χ0v) is 14.9. The number of hydrogen-bond donors (Lipinski definition) is 2. The fraction of sp³-hybridized carbons (Fsp3) is 0.368. The van der Waals surface area contributed by atoms with E-state index >= 15 is 0 Å². The Morgan fingerprint density at radius 3 is 2.42 bits per heavy atom. The molecule has 0 saturated carbocycles. The van der Waals surface area contributed by atoms with Crippen molar-refractivity contribution in [2.75, 3.05) is 0 Å². The summed E-state index contributed by atoms with van der Waals surface area (Å²) in [4.78, 5) is 16.2. The third-order valence-electron chi connectivity index (χ3n) is 3.45. The Morgan fingerprint density at radius 1 is 1.23 bits per heavy atom. The number of aliphatic hydroxyl groups excluding tert-OH is 1. The second kappa shape index (κ2) is 8.23. The van der Waals surface area contributed by atoms with Gasteiger partial charge in [0.2, 0.25) is 0 Å². The van der Waals surface area contributed by atoms with E-state index < -0.39 is 35.5 Å². The molecule has 1 aromatic heterocycles. The number of alkyl carbamates (subject to hydrolysis) is 1. The summed E-state index contributed by atoms with van der Waals surface area (Å²) in [7, 11) is 0. The van der Waals surface area contributed by atoms with E-state index in [2.05, 4.69) is 10.3 Å². The third-order valence-corrected chi connectivity index (χ3v) is 3.45. The molecule has 2 aromatic rings. The van der Waals surface area contributed by atoms with Gasteiger partial charge in [-0.15, -0.1) is 0 Å². The van der Waals surface area contributed by atoms with Crippen LogP contribution in [0, 0.1) is 11.6 Å². The molecule has 0 saturated heterocycles. The van der Waals surface area contributed by atoms with Crippen LogP contribution in [0.4, 0.5) is 13.6 Å². The Morgan fingerprint density at radius 2 is 1.88 bits per heavy atom. The maximum Gasteiger partial charge on any atom is 0.407 e. The fourth-order valence-corrected chi connectivity index (χ4v) is 2.44. The summed E-state index contributed by atoms with van der Waals surface area (Å²) in [6.07, 6.45) is -0.430. The lowest BCUT2D eigenvalue weighted by molar-refractivity contribution is 0.0417. The number of rotatable bonds is 5. The number of aromatic nitrogens is 1. The molecule has 2 atom stereocenters. The number of aliphatic hydroxyl groups is 1. The molecule has 2 N–H and O–H groups in total. The van der Waals surface area contributed by atoms with E-state index in [1.165, 1.54) is 6.20 Å². The monoisotopic (exact) mass is 364 g/mol. The summed E-state index contributed by atoms with van der Waals surface area (Å²) >= 11 is 0. The minimum absolute atomic E-state index is 0.00827. The van der Waals surface area contributed by atoms with E-state index in [0.717, 1.165) is 18.2 Å². The molecule has 0 aliphatic carbocycles. The number of carbonyl (C=O) groups excluding carboxylic acids is 1. The van der Waals surface area contributed by atoms with E-state index in [9.17, 15) is 18.7 Å². The number of benzene rings is 1. The van der Waals surface area contributed by atoms with Gasteiger partial charge in [-0.3, -0.25) is 4.98 Å². The summed E-state index contributed by atoms with van der Waals surface area (Å²) in [6.45, 7) is 5.12. The normalized spacial score (nSPS) is 13.8. The van der Waals surface area contributed by atoms with Gasteiger partial charge in [-0.05, 0) is 57.0 Å². The molecule has 2 rings (SSSR count).